The number of amides is 2. The summed E-state index contributed by atoms with van der Waals surface area (Å²) >= 11 is 0. The molecule has 0 fully saturated rings. The van der Waals surface area contributed by atoms with Gasteiger partial charge < -0.3 is 15.5 Å². The highest BCUT2D eigenvalue weighted by atomic mass is 16.3. The van der Waals surface area contributed by atoms with E-state index in [0.717, 1.165) is 6.07 Å². The lowest BCUT2D eigenvalue weighted by molar-refractivity contribution is -0.117. The van der Waals surface area contributed by atoms with Crippen molar-refractivity contribution in [2.75, 3.05) is 0 Å². The van der Waals surface area contributed by atoms with Gasteiger partial charge in [-0.15, -0.1) is 0 Å². The minimum absolute atomic E-state index is 0.0841. The molecule has 0 spiro atoms. The van der Waals surface area contributed by atoms with Crippen LogP contribution in [0.4, 0.5) is 0 Å². The third kappa shape index (κ3) is 4.94. The normalized spacial score (nSPS) is 10.4. The van der Waals surface area contributed by atoms with Gasteiger partial charge in [-0.1, -0.05) is 18.2 Å². The van der Waals surface area contributed by atoms with Crippen molar-refractivity contribution >= 4 is 18.0 Å². The minimum Gasteiger partial charge on any atom is -0.508 e. The van der Waals surface area contributed by atoms with Crippen LogP contribution >= 0.6 is 0 Å². The largest absolute Gasteiger partial charge is 0.508 e. The van der Waals surface area contributed by atoms with Crippen molar-refractivity contribution in [1.29, 1.82) is 0 Å². The lowest BCUT2D eigenvalue weighted by Gasteiger charge is -2.10. The number of rotatable bonds is 5. The van der Waals surface area contributed by atoms with Crippen LogP contribution in [0.25, 0.3) is 0 Å². The number of allylic oxidation sites excluding steroid dienone is 1. The second kappa shape index (κ2) is 8.48. The predicted molar refractivity (Wildman–Crippen MR) is 97.8 cm³/mol. The molecule has 0 saturated heterocycles. The summed E-state index contributed by atoms with van der Waals surface area (Å²) in [7, 11) is 0. The number of phenols is 2. The highest BCUT2D eigenvalue weighted by Gasteiger charge is 2.15. The van der Waals surface area contributed by atoms with E-state index >= 15 is 0 Å². The number of aromatic hydroxyl groups is 2. The number of hydrogen-bond acceptors (Lipinski definition) is 5. The number of benzene rings is 2. The van der Waals surface area contributed by atoms with E-state index in [4.69, 9.17) is 0 Å². The molecule has 0 aliphatic carbocycles. The van der Waals surface area contributed by atoms with Gasteiger partial charge in [0.2, 0.25) is 0 Å². The number of nitrogens with zero attached hydrogens (tertiary/aromatic N) is 1. The highest BCUT2D eigenvalue weighted by Crippen LogP contribution is 2.20. The summed E-state index contributed by atoms with van der Waals surface area (Å²) in [5.74, 6) is -1.26. The van der Waals surface area contributed by atoms with Gasteiger partial charge in [-0.05, 0) is 43.7 Å². The van der Waals surface area contributed by atoms with Gasteiger partial charge >= 0.3 is 0 Å². The van der Waals surface area contributed by atoms with Crippen molar-refractivity contribution < 1.29 is 19.8 Å². The van der Waals surface area contributed by atoms with Crippen LogP contribution < -0.4 is 10.7 Å². The number of carbonyl (C=O) groups is 2. The van der Waals surface area contributed by atoms with Crippen molar-refractivity contribution in [2.24, 2.45) is 5.10 Å². The molecule has 4 N–H and O–H groups in total. The molecule has 2 rings (SSSR count). The highest BCUT2D eigenvalue weighted by molar-refractivity contribution is 6.03. The SMILES string of the molecule is CC(C)=C(NC(=O)c1ccccc1)C(=O)N/N=C\c1ccc(O)cc1O. The van der Waals surface area contributed by atoms with E-state index in [-0.39, 0.29) is 17.2 Å². The smallest absolute Gasteiger partial charge is 0.287 e. The zero-order valence-electron chi connectivity index (χ0n) is 14.4. The molecule has 2 aromatic carbocycles. The second-order valence-electron chi connectivity index (χ2n) is 5.64. The van der Waals surface area contributed by atoms with Gasteiger partial charge in [0, 0.05) is 17.2 Å². The van der Waals surface area contributed by atoms with Crippen molar-refractivity contribution in [2.45, 2.75) is 13.8 Å². The van der Waals surface area contributed by atoms with Crippen LogP contribution in [-0.4, -0.2) is 28.2 Å². The molecule has 0 bridgehead atoms. The Labute approximate surface area is 150 Å². The Morgan fingerprint density at radius 2 is 1.73 bits per heavy atom. The van der Waals surface area contributed by atoms with Crippen LogP contribution in [-0.2, 0) is 4.79 Å². The third-order valence-corrected chi connectivity index (χ3v) is 3.39. The first-order valence-corrected chi connectivity index (χ1v) is 7.77. The zero-order chi connectivity index (χ0) is 19.1. The first-order chi connectivity index (χ1) is 12.4. The summed E-state index contributed by atoms with van der Waals surface area (Å²) < 4.78 is 0. The molecule has 0 radical (unpaired) electrons. The maximum Gasteiger partial charge on any atom is 0.287 e. The maximum atomic E-state index is 12.3. The fraction of sp³-hybridized carbons (Fsp3) is 0.105. The Balaban J connectivity index is 2.06. The van der Waals surface area contributed by atoms with Gasteiger partial charge in [0.25, 0.3) is 11.8 Å². The van der Waals surface area contributed by atoms with Gasteiger partial charge in [-0.2, -0.15) is 5.10 Å². The summed E-state index contributed by atoms with van der Waals surface area (Å²) in [6.07, 6.45) is 1.23. The Hall–Kier alpha value is -3.61. The van der Waals surface area contributed by atoms with Crippen LogP contribution in [0.3, 0.4) is 0 Å². The average molecular weight is 353 g/mol. The van der Waals surface area contributed by atoms with Crippen LogP contribution in [0.5, 0.6) is 11.5 Å². The molecule has 26 heavy (non-hydrogen) atoms. The van der Waals surface area contributed by atoms with Gasteiger partial charge in [-0.3, -0.25) is 9.59 Å². The van der Waals surface area contributed by atoms with Crippen molar-refractivity contribution in [3.05, 3.63) is 70.9 Å². The number of carbonyl (C=O) groups excluding carboxylic acids is 2. The fourth-order valence-corrected chi connectivity index (χ4v) is 2.04. The average Bonchev–Trinajstić information content (AvgIpc) is 2.61. The Bertz CT molecular complexity index is 870. The summed E-state index contributed by atoms with van der Waals surface area (Å²) in [6, 6.07) is 12.5. The molecule has 7 nitrogen and oxygen atoms in total. The quantitative estimate of drug-likeness (QED) is 0.375. The topological polar surface area (TPSA) is 111 Å². The Morgan fingerprint density at radius 3 is 2.35 bits per heavy atom. The van der Waals surface area contributed by atoms with Crippen molar-refractivity contribution in [3.63, 3.8) is 0 Å². The van der Waals surface area contributed by atoms with E-state index in [9.17, 15) is 19.8 Å². The molecule has 7 heteroatoms. The molecule has 0 unspecified atom stereocenters. The molecule has 0 aliphatic rings. The predicted octanol–water partition coefficient (Wildman–Crippen LogP) is 2.27. The van der Waals surface area contributed by atoms with E-state index in [1.54, 1.807) is 44.2 Å². The summed E-state index contributed by atoms with van der Waals surface area (Å²) in [5, 5.41) is 25.2. The standard InChI is InChI=1S/C19H19N3O4/c1-12(2)17(21-18(25)13-6-4-3-5-7-13)19(26)22-20-11-14-8-9-15(23)10-16(14)24/h3-11,23-24H,1-2H3,(H,21,25)(H,22,26)/b20-11-. The van der Waals surface area contributed by atoms with Crippen molar-refractivity contribution in [1.82, 2.24) is 10.7 Å². The Kier molecular flexibility index (Phi) is 6.10. The first-order valence-electron chi connectivity index (χ1n) is 7.77. The van der Waals surface area contributed by atoms with Crippen molar-refractivity contribution in [3.8, 4) is 11.5 Å². The lowest BCUT2D eigenvalue weighted by Crippen LogP contribution is -2.33. The molecule has 0 heterocycles. The number of nitrogens with one attached hydrogen (secondary N) is 2. The molecular weight excluding hydrogens is 334 g/mol. The van der Waals surface area contributed by atoms with Gasteiger partial charge in [0.05, 0.1) is 6.21 Å². The molecule has 134 valence electrons. The molecular formula is C19H19N3O4. The number of hydrazone groups is 1. The molecule has 2 amide bonds. The first kappa shape index (κ1) is 18.7. The van der Waals surface area contributed by atoms with Crippen LogP contribution in [0.1, 0.15) is 29.8 Å². The molecule has 0 atom stereocenters. The number of hydrogen-bond donors (Lipinski definition) is 4. The summed E-state index contributed by atoms with van der Waals surface area (Å²) in [6.45, 7) is 3.38. The van der Waals surface area contributed by atoms with Crippen LogP contribution in [0.2, 0.25) is 0 Å². The number of phenolic OH excluding ortho intramolecular Hbond substituents is 2. The monoisotopic (exact) mass is 353 g/mol. The third-order valence-electron chi connectivity index (χ3n) is 3.39. The fourth-order valence-electron chi connectivity index (χ4n) is 2.04. The van der Waals surface area contributed by atoms with E-state index in [1.807, 2.05) is 0 Å². The van der Waals surface area contributed by atoms with Gasteiger partial charge in [0.15, 0.2) is 0 Å². The van der Waals surface area contributed by atoms with Crippen LogP contribution in [0, 0.1) is 0 Å². The van der Waals surface area contributed by atoms with Gasteiger partial charge in [0.1, 0.15) is 17.2 Å². The molecule has 2 aromatic rings. The minimum atomic E-state index is -0.594. The second-order valence-corrected chi connectivity index (χ2v) is 5.64. The summed E-state index contributed by atoms with van der Waals surface area (Å²) in [5.41, 5.74) is 3.73. The van der Waals surface area contributed by atoms with E-state index in [2.05, 4.69) is 15.8 Å². The molecule has 0 aliphatic heterocycles. The van der Waals surface area contributed by atoms with E-state index < -0.39 is 11.8 Å². The van der Waals surface area contributed by atoms with E-state index in [1.165, 1.54) is 18.3 Å². The summed E-state index contributed by atoms with van der Waals surface area (Å²) in [4.78, 5) is 24.5. The maximum absolute atomic E-state index is 12.3. The lowest BCUT2D eigenvalue weighted by atomic mass is 10.2. The Morgan fingerprint density at radius 1 is 1.04 bits per heavy atom. The van der Waals surface area contributed by atoms with E-state index in [0.29, 0.717) is 16.7 Å². The molecule has 0 saturated carbocycles. The van der Waals surface area contributed by atoms with Gasteiger partial charge in [-0.25, -0.2) is 5.43 Å². The van der Waals surface area contributed by atoms with Crippen LogP contribution in [0.15, 0.2) is 64.9 Å². The molecule has 0 aromatic heterocycles. The zero-order valence-corrected chi connectivity index (χ0v) is 14.4.